The van der Waals surface area contributed by atoms with E-state index in [1.807, 2.05) is 6.07 Å². The number of rotatable bonds is 3. The van der Waals surface area contributed by atoms with Gasteiger partial charge in [0.2, 0.25) is 0 Å². The molecule has 0 spiro atoms. The van der Waals surface area contributed by atoms with Gasteiger partial charge in [-0.2, -0.15) is 0 Å². The highest BCUT2D eigenvalue weighted by Crippen LogP contribution is 2.31. The Balaban J connectivity index is 2.22. The third-order valence-electron chi connectivity index (χ3n) is 3.25. The number of carbonyl (C=O) groups is 1. The van der Waals surface area contributed by atoms with E-state index < -0.39 is 0 Å². The first-order valence-corrected chi connectivity index (χ1v) is 5.94. The number of hydrogen-bond acceptors (Lipinski definition) is 2. The zero-order chi connectivity index (χ0) is 11.5. The van der Waals surface area contributed by atoms with Crippen molar-refractivity contribution in [3.8, 4) is 5.75 Å². The van der Waals surface area contributed by atoms with E-state index in [-0.39, 0.29) is 0 Å². The van der Waals surface area contributed by atoms with Crippen LogP contribution in [0, 0.1) is 0 Å². The summed E-state index contributed by atoms with van der Waals surface area (Å²) >= 11 is 0. The second-order valence-electron chi connectivity index (χ2n) is 4.64. The molecule has 2 atom stereocenters. The molecule has 0 bridgehead atoms. The summed E-state index contributed by atoms with van der Waals surface area (Å²) in [7, 11) is 0. The lowest BCUT2D eigenvalue weighted by atomic mass is 9.93. The molecule has 1 aliphatic heterocycles. The SMILES string of the molecule is CC1CCc2cc(C(C)CC=O)ccc2O1. The van der Waals surface area contributed by atoms with E-state index in [0.29, 0.717) is 18.4 Å². The summed E-state index contributed by atoms with van der Waals surface area (Å²) in [5, 5.41) is 0. The van der Waals surface area contributed by atoms with Crippen molar-refractivity contribution in [1.29, 1.82) is 0 Å². The zero-order valence-corrected chi connectivity index (χ0v) is 9.90. The summed E-state index contributed by atoms with van der Waals surface area (Å²) in [6.07, 6.45) is 4.07. The van der Waals surface area contributed by atoms with Gasteiger partial charge in [-0.25, -0.2) is 0 Å². The van der Waals surface area contributed by atoms with E-state index >= 15 is 0 Å². The zero-order valence-electron chi connectivity index (χ0n) is 9.90. The molecular weight excluding hydrogens is 200 g/mol. The minimum Gasteiger partial charge on any atom is -0.490 e. The molecular formula is C14H18O2. The maximum absolute atomic E-state index is 10.5. The Morgan fingerprint density at radius 1 is 1.56 bits per heavy atom. The lowest BCUT2D eigenvalue weighted by Gasteiger charge is -2.24. The maximum atomic E-state index is 10.5. The molecule has 0 N–H and O–H groups in total. The number of fused-ring (bicyclic) bond motifs is 1. The van der Waals surface area contributed by atoms with Gasteiger partial charge in [0, 0.05) is 6.42 Å². The molecule has 1 heterocycles. The Bertz CT molecular complexity index is 384. The second kappa shape index (κ2) is 4.69. The monoisotopic (exact) mass is 218 g/mol. The van der Waals surface area contributed by atoms with Crippen LogP contribution in [0.3, 0.4) is 0 Å². The van der Waals surface area contributed by atoms with Crippen molar-refractivity contribution in [2.45, 2.75) is 45.1 Å². The van der Waals surface area contributed by atoms with Gasteiger partial charge in [-0.3, -0.25) is 0 Å². The van der Waals surface area contributed by atoms with Gasteiger partial charge < -0.3 is 9.53 Å². The molecule has 2 unspecified atom stereocenters. The van der Waals surface area contributed by atoms with E-state index in [1.165, 1.54) is 11.1 Å². The lowest BCUT2D eigenvalue weighted by molar-refractivity contribution is -0.108. The molecule has 0 radical (unpaired) electrons. The predicted molar refractivity (Wildman–Crippen MR) is 63.9 cm³/mol. The standard InChI is InChI=1S/C14H18O2/c1-10(7-8-15)12-5-6-14-13(9-12)4-3-11(2)16-14/h5-6,8-11H,3-4,7H2,1-2H3. The van der Waals surface area contributed by atoms with Crippen LogP contribution in [0.4, 0.5) is 0 Å². The normalized spacial score (nSPS) is 20.8. The summed E-state index contributed by atoms with van der Waals surface area (Å²) in [4.78, 5) is 10.5. The number of carbonyl (C=O) groups excluding carboxylic acids is 1. The van der Waals surface area contributed by atoms with E-state index in [4.69, 9.17) is 4.74 Å². The fraction of sp³-hybridized carbons (Fsp3) is 0.500. The number of aryl methyl sites for hydroxylation is 1. The Kier molecular flexibility index (Phi) is 3.28. The van der Waals surface area contributed by atoms with Crippen molar-refractivity contribution in [2.75, 3.05) is 0 Å². The number of aldehydes is 1. The summed E-state index contributed by atoms with van der Waals surface area (Å²) in [6, 6.07) is 6.31. The molecule has 1 aliphatic rings. The molecule has 2 nitrogen and oxygen atoms in total. The third kappa shape index (κ3) is 2.26. The fourth-order valence-corrected chi connectivity index (χ4v) is 2.13. The maximum Gasteiger partial charge on any atom is 0.122 e. The Labute approximate surface area is 96.6 Å². The Morgan fingerprint density at radius 2 is 2.38 bits per heavy atom. The Hall–Kier alpha value is -1.31. The minimum atomic E-state index is 0.308. The molecule has 0 saturated heterocycles. The summed E-state index contributed by atoms with van der Waals surface area (Å²) < 4.78 is 5.76. The molecule has 1 aromatic carbocycles. The lowest BCUT2D eigenvalue weighted by Crippen LogP contribution is -2.19. The first-order chi connectivity index (χ1) is 7.70. The van der Waals surface area contributed by atoms with E-state index in [0.717, 1.165) is 24.9 Å². The average molecular weight is 218 g/mol. The summed E-state index contributed by atoms with van der Waals surface area (Å²) in [5.41, 5.74) is 2.53. The summed E-state index contributed by atoms with van der Waals surface area (Å²) in [6.45, 7) is 4.19. The van der Waals surface area contributed by atoms with Gasteiger partial charge in [-0.15, -0.1) is 0 Å². The van der Waals surface area contributed by atoms with Crippen LogP contribution in [-0.4, -0.2) is 12.4 Å². The fourth-order valence-electron chi connectivity index (χ4n) is 2.13. The highest BCUT2D eigenvalue weighted by molar-refractivity contribution is 5.52. The molecule has 0 aliphatic carbocycles. The summed E-state index contributed by atoms with van der Waals surface area (Å²) in [5.74, 6) is 1.32. The highest BCUT2D eigenvalue weighted by atomic mass is 16.5. The van der Waals surface area contributed by atoms with Crippen LogP contribution in [0.5, 0.6) is 5.75 Å². The first kappa shape index (κ1) is 11.2. The largest absolute Gasteiger partial charge is 0.490 e. The number of benzene rings is 1. The molecule has 2 rings (SSSR count). The van der Waals surface area contributed by atoms with Gasteiger partial charge >= 0.3 is 0 Å². The van der Waals surface area contributed by atoms with Gasteiger partial charge in [0.15, 0.2) is 0 Å². The predicted octanol–water partition coefficient (Wildman–Crippen LogP) is 3.09. The molecule has 2 heteroatoms. The van der Waals surface area contributed by atoms with Crippen molar-refractivity contribution in [1.82, 2.24) is 0 Å². The van der Waals surface area contributed by atoms with Crippen LogP contribution >= 0.6 is 0 Å². The van der Waals surface area contributed by atoms with Gasteiger partial charge in [-0.05, 0) is 42.9 Å². The average Bonchev–Trinajstić information content (AvgIpc) is 2.28. The first-order valence-electron chi connectivity index (χ1n) is 5.94. The van der Waals surface area contributed by atoms with Crippen LogP contribution in [-0.2, 0) is 11.2 Å². The van der Waals surface area contributed by atoms with Crippen molar-refractivity contribution in [3.63, 3.8) is 0 Å². The van der Waals surface area contributed by atoms with Crippen LogP contribution in [0.1, 0.15) is 43.7 Å². The second-order valence-corrected chi connectivity index (χ2v) is 4.64. The van der Waals surface area contributed by atoms with Gasteiger partial charge in [-0.1, -0.05) is 19.1 Å². The van der Waals surface area contributed by atoms with E-state index in [1.54, 1.807) is 0 Å². The van der Waals surface area contributed by atoms with E-state index in [2.05, 4.69) is 26.0 Å². The van der Waals surface area contributed by atoms with Gasteiger partial charge in [0.25, 0.3) is 0 Å². The molecule has 1 aromatic rings. The smallest absolute Gasteiger partial charge is 0.122 e. The van der Waals surface area contributed by atoms with Crippen molar-refractivity contribution < 1.29 is 9.53 Å². The third-order valence-corrected chi connectivity index (χ3v) is 3.25. The van der Waals surface area contributed by atoms with Crippen LogP contribution in [0.25, 0.3) is 0 Å². The molecule has 0 aromatic heterocycles. The molecule has 0 fully saturated rings. The highest BCUT2D eigenvalue weighted by Gasteiger charge is 2.17. The van der Waals surface area contributed by atoms with Crippen molar-refractivity contribution in [3.05, 3.63) is 29.3 Å². The van der Waals surface area contributed by atoms with Crippen LogP contribution in [0.2, 0.25) is 0 Å². The molecule has 0 amide bonds. The number of hydrogen-bond donors (Lipinski definition) is 0. The van der Waals surface area contributed by atoms with Gasteiger partial charge in [0.05, 0.1) is 6.10 Å². The van der Waals surface area contributed by atoms with Crippen LogP contribution < -0.4 is 4.74 Å². The molecule has 86 valence electrons. The van der Waals surface area contributed by atoms with E-state index in [9.17, 15) is 4.79 Å². The molecule has 16 heavy (non-hydrogen) atoms. The van der Waals surface area contributed by atoms with Gasteiger partial charge in [0.1, 0.15) is 12.0 Å². The minimum absolute atomic E-state index is 0.308. The van der Waals surface area contributed by atoms with Crippen molar-refractivity contribution >= 4 is 6.29 Å². The Morgan fingerprint density at radius 3 is 3.12 bits per heavy atom. The van der Waals surface area contributed by atoms with Crippen LogP contribution in [0.15, 0.2) is 18.2 Å². The van der Waals surface area contributed by atoms with Crippen molar-refractivity contribution in [2.24, 2.45) is 0 Å². The quantitative estimate of drug-likeness (QED) is 0.729. The molecule has 0 saturated carbocycles. The topological polar surface area (TPSA) is 26.3 Å². The number of ether oxygens (including phenoxy) is 1.